The van der Waals surface area contributed by atoms with Crippen LogP contribution in [-0.4, -0.2) is 39.2 Å². The van der Waals surface area contributed by atoms with E-state index in [4.69, 9.17) is 0 Å². The lowest BCUT2D eigenvalue weighted by atomic mass is 10.3. The average Bonchev–Trinajstić information content (AvgIpc) is 2.63. The van der Waals surface area contributed by atoms with Crippen molar-refractivity contribution < 1.29 is 0 Å². The van der Waals surface area contributed by atoms with E-state index >= 15 is 0 Å². The second-order valence-corrected chi connectivity index (χ2v) is 3.69. The van der Waals surface area contributed by atoms with Gasteiger partial charge in [-0.05, 0) is 31.4 Å². The van der Waals surface area contributed by atoms with Gasteiger partial charge in [-0.1, -0.05) is 5.21 Å². The van der Waals surface area contributed by atoms with Gasteiger partial charge in [0.15, 0.2) is 5.82 Å². The largest absolute Gasteiger partial charge is 0.310 e. The Bertz CT molecular complexity index is 201. The van der Waals surface area contributed by atoms with Gasteiger partial charge in [0.25, 0.3) is 0 Å². The van der Waals surface area contributed by atoms with Crippen LogP contribution < -0.4 is 5.32 Å². The molecule has 0 atom stereocenters. The summed E-state index contributed by atoms with van der Waals surface area (Å²) in [5, 5.41) is 16.8. The SMILES string of the molecule is CSCCCCNCc1nn[nH]n1. The molecule has 0 aliphatic rings. The molecule has 2 N–H and O–H groups in total. The van der Waals surface area contributed by atoms with Crippen molar-refractivity contribution in [2.75, 3.05) is 18.6 Å². The van der Waals surface area contributed by atoms with Gasteiger partial charge in [-0.25, -0.2) is 0 Å². The number of nitrogens with zero attached hydrogens (tertiary/aromatic N) is 3. The van der Waals surface area contributed by atoms with Crippen molar-refractivity contribution in [2.24, 2.45) is 0 Å². The van der Waals surface area contributed by atoms with E-state index in [0.717, 1.165) is 12.4 Å². The zero-order valence-corrected chi connectivity index (χ0v) is 8.60. The Morgan fingerprint density at radius 1 is 1.46 bits per heavy atom. The summed E-state index contributed by atoms with van der Waals surface area (Å²) in [6, 6.07) is 0. The highest BCUT2D eigenvalue weighted by Crippen LogP contribution is 1.97. The van der Waals surface area contributed by atoms with Crippen LogP contribution in [0.15, 0.2) is 0 Å². The molecule has 6 heteroatoms. The van der Waals surface area contributed by atoms with Crippen LogP contribution in [0.3, 0.4) is 0 Å². The third-order valence-corrected chi connectivity index (χ3v) is 2.32. The molecule has 0 radical (unpaired) electrons. The van der Waals surface area contributed by atoms with E-state index in [2.05, 4.69) is 32.2 Å². The number of aromatic nitrogens is 4. The van der Waals surface area contributed by atoms with Crippen LogP contribution in [0.4, 0.5) is 0 Å². The van der Waals surface area contributed by atoms with Crippen LogP contribution in [-0.2, 0) is 6.54 Å². The first-order valence-electron chi connectivity index (χ1n) is 4.35. The fourth-order valence-corrected chi connectivity index (χ4v) is 1.45. The Labute approximate surface area is 82.1 Å². The Balaban J connectivity index is 1.90. The Kier molecular flexibility index (Phi) is 5.51. The predicted molar refractivity (Wildman–Crippen MR) is 53.5 cm³/mol. The molecular weight excluding hydrogens is 186 g/mol. The molecule has 0 spiro atoms. The molecule has 1 heterocycles. The number of nitrogens with one attached hydrogen (secondary N) is 2. The lowest BCUT2D eigenvalue weighted by Crippen LogP contribution is -2.15. The highest BCUT2D eigenvalue weighted by atomic mass is 32.2. The number of rotatable bonds is 7. The fraction of sp³-hybridized carbons (Fsp3) is 0.857. The smallest absolute Gasteiger partial charge is 0.188 e. The fourth-order valence-electron chi connectivity index (χ4n) is 0.954. The Morgan fingerprint density at radius 3 is 3.08 bits per heavy atom. The molecular formula is C7H15N5S. The minimum atomic E-state index is 0.704. The van der Waals surface area contributed by atoms with Crippen LogP contribution in [0.25, 0.3) is 0 Å². The van der Waals surface area contributed by atoms with Gasteiger partial charge < -0.3 is 5.32 Å². The molecule has 0 amide bonds. The maximum absolute atomic E-state index is 3.84. The molecule has 0 saturated heterocycles. The summed E-state index contributed by atoms with van der Waals surface area (Å²) in [7, 11) is 0. The van der Waals surface area contributed by atoms with Crippen LogP contribution in [0, 0.1) is 0 Å². The average molecular weight is 201 g/mol. The van der Waals surface area contributed by atoms with E-state index in [9.17, 15) is 0 Å². The molecule has 0 fully saturated rings. The summed E-state index contributed by atoms with van der Waals surface area (Å²) < 4.78 is 0. The van der Waals surface area contributed by atoms with Gasteiger partial charge in [0.2, 0.25) is 0 Å². The minimum Gasteiger partial charge on any atom is -0.310 e. The van der Waals surface area contributed by atoms with E-state index < -0.39 is 0 Å². The van der Waals surface area contributed by atoms with Gasteiger partial charge in [0.05, 0.1) is 6.54 Å². The summed E-state index contributed by atoms with van der Waals surface area (Å²) >= 11 is 1.89. The molecule has 0 aromatic carbocycles. The Morgan fingerprint density at radius 2 is 2.38 bits per heavy atom. The normalized spacial score (nSPS) is 10.5. The number of hydrogen-bond acceptors (Lipinski definition) is 5. The van der Waals surface area contributed by atoms with Crippen molar-refractivity contribution in [3.63, 3.8) is 0 Å². The molecule has 1 aromatic rings. The van der Waals surface area contributed by atoms with E-state index in [-0.39, 0.29) is 0 Å². The zero-order valence-electron chi connectivity index (χ0n) is 7.79. The molecule has 13 heavy (non-hydrogen) atoms. The summed E-state index contributed by atoms with van der Waals surface area (Å²) in [6.45, 7) is 1.73. The first-order valence-corrected chi connectivity index (χ1v) is 5.75. The first kappa shape index (κ1) is 10.5. The lowest BCUT2D eigenvalue weighted by molar-refractivity contribution is 0.625. The zero-order chi connectivity index (χ0) is 9.36. The van der Waals surface area contributed by atoms with E-state index in [1.807, 2.05) is 11.8 Å². The van der Waals surface area contributed by atoms with Gasteiger partial charge in [0.1, 0.15) is 0 Å². The van der Waals surface area contributed by atoms with Crippen molar-refractivity contribution >= 4 is 11.8 Å². The number of aromatic amines is 1. The van der Waals surface area contributed by atoms with Gasteiger partial charge in [-0.15, -0.1) is 10.2 Å². The maximum Gasteiger partial charge on any atom is 0.188 e. The minimum absolute atomic E-state index is 0.704. The molecule has 0 saturated carbocycles. The van der Waals surface area contributed by atoms with Crippen molar-refractivity contribution in [3.8, 4) is 0 Å². The molecule has 0 unspecified atom stereocenters. The predicted octanol–water partition coefficient (Wildman–Crippen LogP) is 0.432. The molecule has 1 rings (SSSR count). The number of tetrazole rings is 1. The molecule has 0 aliphatic heterocycles. The molecule has 0 bridgehead atoms. The molecule has 5 nitrogen and oxygen atoms in total. The topological polar surface area (TPSA) is 66.5 Å². The standard InChI is InChI=1S/C7H15N5S/c1-13-5-3-2-4-8-6-7-9-11-12-10-7/h8H,2-6H2,1H3,(H,9,10,11,12). The third-order valence-electron chi connectivity index (χ3n) is 1.62. The summed E-state index contributed by atoms with van der Waals surface area (Å²) in [4.78, 5) is 0. The summed E-state index contributed by atoms with van der Waals surface area (Å²) in [5.74, 6) is 1.97. The van der Waals surface area contributed by atoms with Crippen LogP contribution in [0.5, 0.6) is 0 Å². The second kappa shape index (κ2) is 6.85. The summed E-state index contributed by atoms with van der Waals surface area (Å²) in [5.41, 5.74) is 0. The molecule has 74 valence electrons. The van der Waals surface area contributed by atoms with Crippen molar-refractivity contribution in [3.05, 3.63) is 5.82 Å². The van der Waals surface area contributed by atoms with Gasteiger partial charge in [-0.2, -0.15) is 17.0 Å². The highest BCUT2D eigenvalue weighted by Gasteiger charge is 1.95. The second-order valence-electron chi connectivity index (χ2n) is 2.70. The Hall–Kier alpha value is -0.620. The van der Waals surface area contributed by atoms with Gasteiger partial charge in [0, 0.05) is 0 Å². The summed E-state index contributed by atoms with van der Waals surface area (Å²) in [6.07, 6.45) is 4.60. The van der Waals surface area contributed by atoms with Crippen molar-refractivity contribution in [1.29, 1.82) is 0 Å². The van der Waals surface area contributed by atoms with E-state index in [0.29, 0.717) is 6.54 Å². The van der Waals surface area contributed by atoms with Crippen LogP contribution in [0.1, 0.15) is 18.7 Å². The van der Waals surface area contributed by atoms with Gasteiger partial charge >= 0.3 is 0 Å². The number of thioether (sulfide) groups is 1. The number of hydrogen-bond donors (Lipinski definition) is 2. The number of H-pyrrole nitrogens is 1. The quantitative estimate of drug-likeness (QED) is 0.626. The van der Waals surface area contributed by atoms with E-state index in [1.54, 1.807) is 0 Å². The first-order chi connectivity index (χ1) is 6.43. The monoisotopic (exact) mass is 201 g/mol. The maximum atomic E-state index is 3.84. The lowest BCUT2D eigenvalue weighted by Gasteiger charge is -2.00. The van der Waals surface area contributed by atoms with Crippen LogP contribution in [0.2, 0.25) is 0 Å². The van der Waals surface area contributed by atoms with Gasteiger partial charge in [-0.3, -0.25) is 0 Å². The van der Waals surface area contributed by atoms with Crippen molar-refractivity contribution in [2.45, 2.75) is 19.4 Å². The molecule has 1 aromatic heterocycles. The molecule has 0 aliphatic carbocycles. The van der Waals surface area contributed by atoms with Crippen molar-refractivity contribution in [1.82, 2.24) is 25.9 Å². The highest BCUT2D eigenvalue weighted by molar-refractivity contribution is 7.98. The van der Waals surface area contributed by atoms with Crippen LogP contribution >= 0.6 is 11.8 Å². The third kappa shape index (κ3) is 4.84. The number of unbranched alkanes of at least 4 members (excludes halogenated alkanes) is 1. The van der Waals surface area contributed by atoms with E-state index in [1.165, 1.54) is 18.6 Å².